The van der Waals surface area contributed by atoms with Crippen molar-refractivity contribution in [1.82, 2.24) is 5.32 Å². The first-order valence-electron chi connectivity index (χ1n) is 8.82. The number of hydrogen-bond acceptors (Lipinski definition) is 2. The zero-order valence-electron chi connectivity index (χ0n) is 12.6. The van der Waals surface area contributed by atoms with E-state index in [9.17, 15) is 0 Å². The molecule has 0 amide bonds. The second-order valence-electron chi connectivity index (χ2n) is 7.69. The van der Waals surface area contributed by atoms with Crippen LogP contribution in [0.5, 0.6) is 0 Å². The van der Waals surface area contributed by atoms with Crippen LogP contribution >= 0.6 is 0 Å². The van der Waals surface area contributed by atoms with Crippen LogP contribution in [0.25, 0.3) is 0 Å². The molecule has 1 aliphatic heterocycles. The molecule has 1 aromatic rings. The minimum atomic E-state index is 0.416. The molecule has 0 saturated heterocycles. The van der Waals surface area contributed by atoms with Crippen LogP contribution in [0.15, 0.2) is 24.3 Å². The molecule has 6 unspecified atom stereocenters. The van der Waals surface area contributed by atoms with Crippen molar-refractivity contribution in [3.8, 4) is 0 Å². The second-order valence-corrected chi connectivity index (χ2v) is 7.69. The molecule has 0 aromatic heterocycles. The number of rotatable bonds is 2. The molecule has 2 nitrogen and oxygen atoms in total. The van der Waals surface area contributed by atoms with E-state index in [-0.39, 0.29) is 0 Å². The lowest BCUT2D eigenvalue weighted by Crippen LogP contribution is -2.43. The first kappa shape index (κ1) is 12.7. The van der Waals surface area contributed by atoms with Gasteiger partial charge >= 0.3 is 0 Å². The molecule has 3 aliphatic carbocycles. The standard InChI is InChI=1S/C19H25NO/c1-2-5-15-12(4-1)10-21-11-19(15)20-18-9-13-8-17(18)16-7-3-6-14(13)16/h1-2,4-5,13-14,16-20H,3,6-11H2. The fourth-order valence-corrected chi connectivity index (χ4v) is 6.04. The predicted molar refractivity (Wildman–Crippen MR) is 82.8 cm³/mol. The number of benzene rings is 1. The van der Waals surface area contributed by atoms with Crippen LogP contribution in [0.4, 0.5) is 0 Å². The van der Waals surface area contributed by atoms with E-state index in [4.69, 9.17) is 4.74 Å². The molecule has 2 heteroatoms. The van der Waals surface area contributed by atoms with Gasteiger partial charge in [0.25, 0.3) is 0 Å². The van der Waals surface area contributed by atoms with Crippen molar-refractivity contribution < 1.29 is 4.74 Å². The van der Waals surface area contributed by atoms with E-state index in [0.29, 0.717) is 6.04 Å². The van der Waals surface area contributed by atoms with Crippen LogP contribution in [0.2, 0.25) is 0 Å². The van der Waals surface area contributed by atoms with Crippen molar-refractivity contribution in [3.63, 3.8) is 0 Å². The molecule has 3 saturated carbocycles. The smallest absolute Gasteiger partial charge is 0.0721 e. The van der Waals surface area contributed by atoms with E-state index in [1.807, 2.05) is 0 Å². The summed E-state index contributed by atoms with van der Waals surface area (Å²) in [5.74, 6) is 4.11. The summed E-state index contributed by atoms with van der Waals surface area (Å²) in [6, 6.07) is 9.98. The minimum absolute atomic E-state index is 0.416. The third kappa shape index (κ3) is 1.92. The largest absolute Gasteiger partial charge is 0.375 e. The van der Waals surface area contributed by atoms with Crippen molar-refractivity contribution in [2.24, 2.45) is 23.7 Å². The number of hydrogen-bond donors (Lipinski definition) is 1. The zero-order valence-corrected chi connectivity index (χ0v) is 12.6. The maximum atomic E-state index is 5.82. The molecule has 5 rings (SSSR count). The fraction of sp³-hybridized carbons (Fsp3) is 0.684. The lowest BCUT2D eigenvalue weighted by Gasteiger charge is -2.36. The minimum Gasteiger partial charge on any atom is -0.375 e. The van der Waals surface area contributed by atoms with Crippen molar-refractivity contribution in [2.45, 2.75) is 50.8 Å². The van der Waals surface area contributed by atoms with E-state index in [0.717, 1.165) is 42.9 Å². The number of fused-ring (bicyclic) bond motifs is 6. The van der Waals surface area contributed by atoms with Gasteiger partial charge in [-0.2, -0.15) is 0 Å². The van der Waals surface area contributed by atoms with Gasteiger partial charge in [-0.3, -0.25) is 0 Å². The Labute approximate surface area is 127 Å². The van der Waals surface area contributed by atoms with Crippen LogP contribution in [-0.2, 0) is 11.3 Å². The summed E-state index contributed by atoms with van der Waals surface area (Å²) >= 11 is 0. The van der Waals surface area contributed by atoms with E-state index in [2.05, 4.69) is 29.6 Å². The SMILES string of the molecule is c1ccc2c(c1)COCC2NC1CC2CC1C1CCCC21. The van der Waals surface area contributed by atoms with Crippen LogP contribution in [0.3, 0.4) is 0 Å². The Morgan fingerprint density at radius 3 is 2.90 bits per heavy atom. The molecule has 2 bridgehead atoms. The highest BCUT2D eigenvalue weighted by Crippen LogP contribution is 2.58. The van der Waals surface area contributed by atoms with E-state index < -0.39 is 0 Å². The average Bonchev–Trinajstić information content (AvgIpc) is 3.20. The lowest BCUT2D eigenvalue weighted by atomic mass is 9.78. The normalized spacial score (nSPS) is 43.8. The Kier molecular flexibility index (Phi) is 2.91. The summed E-state index contributed by atoms with van der Waals surface area (Å²) < 4.78 is 5.82. The molecular formula is C19H25NO. The first-order chi connectivity index (χ1) is 10.4. The van der Waals surface area contributed by atoms with Crippen LogP contribution < -0.4 is 5.32 Å². The van der Waals surface area contributed by atoms with Gasteiger partial charge in [-0.15, -0.1) is 0 Å². The van der Waals surface area contributed by atoms with Crippen molar-refractivity contribution in [1.29, 1.82) is 0 Å². The van der Waals surface area contributed by atoms with Gasteiger partial charge in [0.2, 0.25) is 0 Å². The van der Waals surface area contributed by atoms with Gasteiger partial charge in [0.1, 0.15) is 0 Å². The quantitative estimate of drug-likeness (QED) is 0.894. The molecule has 0 spiro atoms. The van der Waals surface area contributed by atoms with Crippen molar-refractivity contribution in [2.75, 3.05) is 6.61 Å². The molecule has 1 N–H and O–H groups in total. The summed E-state index contributed by atoms with van der Waals surface area (Å²) in [5.41, 5.74) is 2.86. The van der Waals surface area contributed by atoms with E-state index in [1.165, 1.54) is 43.2 Å². The monoisotopic (exact) mass is 283 g/mol. The Morgan fingerprint density at radius 2 is 1.90 bits per heavy atom. The highest BCUT2D eigenvalue weighted by molar-refractivity contribution is 5.31. The molecule has 1 aromatic carbocycles. The summed E-state index contributed by atoms with van der Waals surface area (Å²) in [6.45, 7) is 1.63. The summed E-state index contributed by atoms with van der Waals surface area (Å²) in [4.78, 5) is 0. The van der Waals surface area contributed by atoms with Crippen molar-refractivity contribution >= 4 is 0 Å². The zero-order chi connectivity index (χ0) is 13.8. The molecule has 4 aliphatic rings. The van der Waals surface area contributed by atoms with Crippen LogP contribution in [0.1, 0.15) is 49.3 Å². The Balaban J connectivity index is 1.35. The maximum absolute atomic E-state index is 5.82. The Bertz CT molecular complexity index is 542. The van der Waals surface area contributed by atoms with Gasteiger partial charge < -0.3 is 10.1 Å². The third-order valence-electron chi connectivity index (χ3n) is 6.82. The van der Waals surface area contributed by atoms with Crippen molar-refractivity contribution in [3.05, 3.63) is 35.4 Å². The molecule has 6 atom stereocenters. The third-order valence-corrected chi connectivity index (χ3v) is 6.82. The first-order valence-corrected chi connectivity index (χ1v) is 8.82. The van der Waals surface area contributed by atoms with Gasteiger partial charge in [0, 0.05) is 6.04 Å². The number of nitrogens with one attached hydrogen (secondary N) is 1. The lowest BCUT2D eigenvalue weighted by molar-refractivity contribution is 0.0711. The van der Waals surface area contributed by atoms with E-state index in [1.54, 1.807) is 0 Å². The Hall–Kier alpha value is -0.860. The molecule has 0 radical (unpaired) electrons. The van der Waals surface area contributed by atoms with Crippen LogP contribution in [0, 0.1) is 23.7 Å². The summed E-state index contributed by atoms with van der Waals surface area (Å²) in [6.07, 6.45) is 7.44. The molecule has 3 fully saturated rings. The number of ether oxygens (including phenoxy) is 1. The van der Waals surface area contributed by atoms with Gasteiger partial charge in [-0.25, -0.2) is 0 Å². The summed E-state index contributed by atoms with van der Waals surface area (Å²) in [7, 11) is 0. The average molecular weight is 283 g/mol. The summed E-state index contributed by atoms with van der Waals surface area (Å²) in [5, 5.41) is 3.99. The maximum Gasteiger partial charge on any atom is 0.0721 e. The molecular weight excluding hydrogens is 258 g/mol. The second kappa shape index (κ2) is 4.82. The Morgan fingerprint density at radius 1 is 1.00 bits per heavy atom. The highest BCUT2D eigenvalue weighted by atomic mass is 16.5. The molecule has 112 valence electrons. The highest BCUT2D eigenvalue weighted by Gasteiger charge is 2.53. The molecule has 21 heavy (non-hydrogen) atoms. The van der Waals surface area contributed by atoms with Gasteiger partial charge in [-0.1, -0.05) is 30.7 Å². The van der Waals surface area contributed by atoms with E-state index >= 15 is 0 Å². The fourth-order valence-electron chi connectivity index (χ4n) is 6.04. The van der Waals surface area contributed by atoms with Gasteiger partial charge in [-0.05, 0) is 60.5 Å². The van der Waals surface area contributed by atoms with Gasteiger partial charge in [0.05, 0.1) is 19.3 Å². The predicted octanol–water partition coefficient (Wildman–Crippen LogP) is 3.67. The topological polar surface area (TPSA) is 21.3 Å². The van der Waals surface area contributed by atoms with Crippen LogP contribution in [-0.4, -0.2) is 12.6 Å². The van der Waals surface area contributed by atoms with Gasteiger partial charge in [0.15, 0.2) is 0 Å². The molecule has 1 heterocycles.